The Morgan fingerprint density at radius 1 is 1.50 bits per heavy atom. The van der Waals surface area contributed by atoms with Crippen molar-refractivity contribution >= 4 is 5.91 Å². The Hall–Kier alpha value is -1.73. The van der Waals surface area contributed by atoms with Crippen LogP contribution in [0.3, 0.4) is 0 Å². The van der Waals surface area contributed by atoms with Gasteiger partial charge in [0.2, 0.25) is 5.91 Å². The molecule has 0 saturated carbocycles. The number of hydrogen-bond donors (Lipinski definition) is 0. The zero-order chi connectivity index (χ0) is 17.2. The van der Waals surface area contributed by atoms with Crippen LogP contribution in [0.2, 0.25) is 0 Å². The molecule has 1 spiro atoms. The van der Waals surface area contributed by atoms with Gasteiger partial charge in [-0.15, -0.1) is 0 Å². The quantitative estimate of drug-likeness (QED) is 0.812. The molecule has 2 fully saturated rings. The molecule has 3 rings (SSSR count). The molecule has 1 amide bonds. The summed E-state index contributed by atoms with van der Waals surface area (Å²) in [6.07, 6.45) is 3.16. The molecular weight excluding hydrogens is 310 g/mol. The standard InChI is InChI=1S/C17H25N3O4/c1-13(2)16(22)19-8-9-23-12-17(11-19)6-5-14(24-17)10-20-15(21)4-3-7-18-20/h3-4,7,13-14H,5-6,8-12H2,1-2H3/t14-,17-/m0/s1. The molecule has 0 unspecified atom stereocenters. The predicted molar refractivity (Wildman–Crippen MR) is 87.6 cm³/mol. The van der Waals surface area contributed by atoms with Crippen LogP contribution in [-0.4, -0.2) is 58.6 Å². The van der Waals surface area contributed by atoms with Crippen LogP contribution < -0.4 is 5.56 Å². The third-order valence-corrected chi connectivity index (χ3v) is 4.66. The van der Waals surface area contributed by atoms with Crippen molar-refractivity contribution in [3.63, 3.8) is 0 Å². The van der Waals surface area contributed by atoms with Gasteiger partial charge in [-0.05, 0) is 18.9 Å². The SMILES string of the molecule is CC(C)C(=O)N1CCOC[C@]2(CC[C@@H](Cn3ncccc3=O)O2)C1. The maximum Gasteiger partial charge on any atom is 0.266 e. The fourth-order valence-corrected chi connectivity index (χ4v) is 3.42. The Labute approximate surface area is 141 Å². The van der Waals surface area contributed by atoms with Crippen LogP contribution in [0.4, 0.5) is 0 Å². The summed E-state index contributed by atoms with van der Waals surface area (Å²) in [5, 5.41) is 4.09. The molecule has 3 heterocycles. The summed E-state index contributed by atoms with van der Waals surface area (Å²) in [5.74, 6) is 0.0947. The van der Waals surface area contributed by atoms with Crippen LogP contribution in [-0.2, 0) is 20.8 Å². The van der Waals surface area contributed by atoms with E-state index in [2.05, 4.69) is 5.10 Å². The fraction of sp³-hybridized carbons (Fsp3) is 0.706. The molecule has 0 aliphatic carbocycles. The zero-order valence-electron chi connectivity index (χ0n) is 14.3. The van der Waals surface area contributed by atoms with Gasteiger partial charge in [0.05, 0.1) is 32.4 Å². The molecule has 0 aromatic carbocycles. The maximum atomic E-state index is 12.4. The van der Waals surface area contributed by atoms with Gasteiger partial charge >= 0.3 is 0 Å². The normalized spacial score (nSPS) is 27.6. The first-order valence-corrected chi connectivity index (χ1v) is 8.56. The molecule has 2 aliphatic heterocycles. The van der Waals surface area contributed by atoms with Gasteiger partial charge in [0.15, 0.2) is 0 Å². The molecule has 132 valence electrons. The van der Waals surface area contributed by atoms with Crippen molar-refractivity contribution in [3.8, 4) is 0 Å². The number of aromatic nitrogens is 2. The highest BCUT2D eigenvalue weighted by Crippen LogP contribution is 2.33. The van der Waals surface area contributed by atoms with Crippen molar-refractivity contribution in [1.29, 1.82) is 0 Å². The smallest absolute Gasteiger partial charge is 0.266 e. The lowest BCUT2D eigenvalue weighted by molar-refractivity contribution is -0.139. The van der Waals surface area contributed by atoms with Crippen LogP contribution in [0.25, 0.3) is 0 Å². The Bertz CT molecular complexity index is 645. The second-order valence-corrected chi connectivity index (χ2v) is 6.97. The third-order valence-electron chi connectivity index (χ3n) is 4.66. The lowest BCUT2D eigenvalue weighted by atomic mass is 9.99. The summed E-state index contributed by atoms with van der Waals surface area (Å²) >= 11 is 0. The van der Waals surface area contributed by atoms with Gasteiger partial charge in [-0.25, -0.2) is 4.68 Å². The minimum Gasteiger partial charge on any atom is -0.377 e. The highest BCUT2D eigenvalue weighted by molar-refractivity contribution is 5.78. The highest BCUT2D eigenvalue weighted by atomic mass is 16.6. The van der Waals surface area contributed by atoms with Crippen LogP contribution in [0.1, 0.15) is 26.7 Å². The van der Waals surface area contributed by atoms with E-state index in [-0.39, 0.29) is 23.5 Å². The summed E-state index contributed by atoms with van der Waals surface area (Å²) in [5.41, 5.74) is -0.597. The molecule has 1 aromatic heterocycles. The molecule has 2 aliphatic rings. The van der Waals surface area contributed by atoms with Gasteiger partial charge in [-0.3, -0.25) is 9.59 Å². The van der Waals surface area contributed by atoms with Crippen LogP contribution in [0.5, 0.6) is 0 Å². The van der Waals surface area contributed by atoms with Crippen molar-refractivity contribution < 1.29 is 14.3 Å². The van der Waals surface area contributed by atoms with E-state index in [4.69, 9.17) is 9.47 Å². The van der Waals surface area contributed by atoms with E-state index in [1.54, 1.807) is 12.3 Å². The first kappa shape index (κ1) is 17.1. The predicted octanol–water partition coefficient (Wildman–Crippen LogP) is 0.676. The van der Waals surface area contributed by atoms with Crippen molar-refractivity contribution in [2.45, 2.75) is 44.9 Å². The lowest BCUT2D eigenvalue weighted by Gasteiger charge is -2.32. The van der Waals surface area contributed by atoms with Crippen LogP contribution in [0.15, 0.2) is 23.1 Å². The van der Waals surface area contributed by atoms with Crippen molar-refractivity contribution in [3.05, 3.63) is 28.7 Å². The maximum absolute atomic E-state index is 12.4. The minimum atomic E-state index is -0.468. The molecule has 2 saturated heterocycles. The summed E-state index contributed by atoms with van der Waals surface area (Å²) in [6, 6.07) is 3.12. The van der Waals surface area contributed by atoms with Crippen molar-refractivity contribution in [2.75, 3.05) is 26.3 Å². The monoisotopic (exact) mass is 335 g/mol. The summed E-state index contributed by atoms with van der Waals surface area (Å²) in [7, 11) is 0. The Morgan fingerprint density at radius 3 is 3.08 bits per heavy atom. The lowest BCUT2D eigenvalue weighted by Crippen LogP contribution is -2.48. The third kappa shape index (κ3) is 3.67. The number of ether oxygens (including phenoxy) is 2. The zero-order valence-corrected chi connectivity index (χ0v) is 14.3. The summed E-state index contributed by atoms with van der Waals surface area (Å²) in [4.78, 5) is 26.0. The average molecular weight is 335 g/mol. The highest BCUT2D eigenvalue weighted by Gasteiger charge is 2.44. The Morgan fingerprint density at radius 2 is 2.33 bits per heavy atom. The minimum absolute atomic E-state index is 0.0376. The van der Waals surface area contributed by atoms with Gasteiger partial charge in [0.1, 0.15) is 5.60 Å². The molecule has 0 radical (unpaired) electrons. The fourth-order valence-electron chi connectivity index (χ4n) is 3.42. The first-order valence-electron chi connectivity index (χ1n) is 8.56. The van der Waals surface area contributed by atoms with Crippen molar-refractivity contribution in [1.82, 2.24) is 14.7 Å². The number of nitrogens with zero attached hydrogens (tertiary/aromatic N) is 3. The largest absolute Gasteiger partial charge is 0.377 e. The van der Waals surface area contributed by atoms with E-state index < -0.39 is 5.60 Å². The van der Waals surface area contributed by atoms with Crippen LogP contribution in [0, 0.1) is 5.92 Å². The number of carbonyl (C=O) groups is 1. The first-order chi connectivity index (χ1) is 11.5. The van der Waals surface area contributed by atoms with E-state index in [1.165, 1.54) is 10.7 Å². The molecule has 2 atom stereocenters. The van der Waals surface area contributed by atoms with Crippen molar-refractivity contribution in [2.24, 2.45) is 5.92 Å². The van der Waals surface area contributed by atoms with E-state index in [1.807, 2.05) is 18.7 Å². The van der Waals surface area contributed by atoms with E-state index in [9.17, 15) is 9.59 Å². The van der Waals surface area contributed by atoms with Gasteiger partial charge in [0.25, 0.3) is 5.56 Å². The second kappa shape index (κ2) is 7.03. The Kier molecular flexibility index (Phi) is 5.01. The van der Waals surface area contributed by atoms with E-state index in [0.717, 1.165) is 12.8 Å². The number of rotatable bonds is 3. The molecule has 1 aromatic rings. The molecular formula is C17H25N3O4. The number of hydrogen-bond acceptors (Lipinski definition) is 5. The average Bonchev–Trinajstić information content (AvgIpc) is 2.82. The van der Waals surface area contributed by atoms with Gasteiger partial charge < -0.3 is 14.4 Å². The second-order valence-electron chi connectivity index (χ2n) is 6.97. The summed E-state index contributed by atoms with van der Waals surface area (Å²) in [6.45, 7) is 6.43. The van der Waals surface area contributed by atoms with Gasteiger partial charge in [0, 0.05) is 24.7 Å². The number of carbonyl (C=O) groups excluding carboxylic acids is 1. The molecule has 7 nitrogen and oxygen atoms in total. The topological polar surface area (TPSA) is 73.7 Å². The molecule has 0 N–H and O–H groups in total. The van der Waals surface area contributed by atoms with Crippen LogP contribution >= 0.6 is 0 Å². The van der Waals surface area contributed by atoms with E-state index in [0.29, 0.717) is 32.8 Å². The van der Waals surface area contributed by atoms with E-state index >= 15 is 0 Å². The molecule has 7 heteroatoms. The van der Waals surface area contributed by atoms with Gasteiger partial charge in [-0.1, -0.05) is 13.8 Å². The summed E-state index contributed by atoms with van der Waals surface area (Å²) < 4.78 is 13.4. The number of amides is 1. The Balaban J connectivity index is 1.69. The molecule has 0 bridgehead atoms. The van der Waals surface area contributed by atoms with Gasteiger partial charge in [-0.2, -0.15) is 5.10 Å². The molecule has 24 heavy (non-hydrogen) atoms.